The van der Waals surface area contributed by atoms with E-state index in [-0.39, 0.29) is 24.1 Å². The fourth-order valence-corrected chi connectivity index (χ4v) is 3.59. The number of para-hydroxylation sites is 1. The fraction of sp³-hybridized carbons (Fsp3) is 0.375. The summed E-state index contributed by atoms with van der Waals surface area (Å²) >= 11 is 0. The summed E-state index contributed by atoms with van der Waals surface area (Å²) in [5.41, 5.74) is 1.78. The van der Waals surface area contributed by atoms with Crippen molar-refractivity contribution in [3.63, 3.8) is 0 Å². The number of amides is 3. The lowest BCUT2D eigenvalue weighted by Crippen LogP contribution is -2.26. The average Bonchev–Trinajstić information content (AvgIpc) is 3.22. The lowest BCUT2D eigenvalue weighted by atomic mass is 10.2. The molecule has 1 saturated heterocycles. The molecule has 8 heteroatoms. The molecule has 3 amide bonds. The van der Waals surface area contributed by atoms with Crippen LogP contribution in [0.4, 0.5) is 11.4 Å². The number of methoxy groups -OCH3 is 1. The van der Waals surface area contributed by atoms with Crippen LogP contribution in [0.2, 0.25) is 0 Å². The molecule has 0 aliphatic carbocycles. The zero-order chi connectivity index (χ0) is 22.9. The molecular formula is C24H29N3O5. The molecule has 1 aliphatic rings. The molecule has 0 atom stereocenters. The summed E-state index contributed by atoms with van der Waals surface area (Å²) in [6.07, 6.45) is 2.11. The van der Waals surface area contributed by atoms with Crippen molar-refractivity contribution in [1.82, 2.24) is 5.32 Å². The molecule has 0 unspecified atom stereocenters. The van der Waals surface area contributed by atoms with E-state index >= 15 is 0 Å². The van der Waals surface area contributed by atoms with E-state index in [2.05, 4.69) is 10.6 Å². The predicted octanol–water partition coefficient (Wildman–Crippen LogP) is 3.37. The molecule has 1 aliphatic heterocycles. The minimum atomic E-state index is -0.230. The van der Waals surface area contributed by atoms with E-state index in [4.69, 9.17) is 9.47 Å². The number of nitrogens with zero attached hydrogens (tertiary/aromatic N) is 1. The number of nitrogens with one attached hydrogen (secondary N) is 2. The van der Waals surface area contributed by atoms with Crippen molar-refractivity contribution in [2.45, 2.75) is 32.6 Å². The van der Waals surface area contributed by atoms with Crippen molar-refractivity contribution in [2.24, 2.45) is 0 Å². The summed E-state index contributed by atoms with van der Waals surface area (Å²) < 4.78 is 10.9. The average molecular weight is 440 g/mol. The third-order valence-electron chi connectivity index (χ3n) is 5.13. The highest BCUT2D eigenvalue weighted by Gasteiger charge is 2.24. The van der Waals surface area contributed by atoms with Crippen LogP contribution in [0.15, 0.2) is 42.5 Å². The topological polar surface area (TPSA) is 97.0 Å². The second-order valence-electron chi connectivity index (χ2n) is 7.37. The number of carbonyl (C=O) groups is 3. The van der Waals surface area contributed by atoms with E-state index < -0.39 is 0 Å². The van der Waals surface area contributed by atoms with Crippen LogP contribution < -0.4 is 25.0 Å². The van der Waals surface area contributed by atoms with Crippen molar-refractivity contribution >= 4 is 29.1 Å². The second-order valence-corrected chi connectivity index (χ2v) is 7.37. The van der Waals surface area contributed by atoms with Crippen LogP contribution in [0.1, 0.15) is 43.0 Å². The maximum Gasteiger partial charge on any atom is 0.255 e. The Morgan fingerprint density at radius 2 is 1.94 bits per heavy atom. The molecule has 32 heavy (non-hydrogen) atoms. The van der Waals surface area contributed by atoms with Crippen molar-refractivity contribution in [3.05, 3.63) is 48.0 Å². The maximum atomic E-state index is 12.4. The largest absolute Gasteiger partial charge is 0.494 e. The summed E-state index contributed by atoms with van der Waals surface area (Å²) in [5.74, 6) is 0.759. The van der Waals surface area contributed by atoms with Gasteiger partial charge in [-0.1, -0.05) is 12.1 Å². The minimum Gasteiger partial charge on any atom is -0.494 e. The zero-order valence-corrected chi connectivity index (χ0v) is 18.5. The SMILES string of the molecule is CCOc1ccccc1C(=O)NCCCC(=O)Nc1ccc(N2CCCC2=O)c(OC)c1. The summed E-state index contributed by atoms with van der Waals surface area (Å²) in [5, 5.41) is 5.66. The normalized spacial score (nSPS) is 13.1. The van der Waals surface area contributed by atoms with E-state index in [0.717, 1.165) is 6.42 Å². The minimum absolute atomic E-state index is 0.0750. The van der Waals surface area contributed by atoms with Gasteiger partial charge in [-0.25, -0.2) is 0 Å². The first-order valence-electron chi connectivity index (χ1n) is 10.8. The molecule has 170 valence electrons. The van der Waals surface area contributed by atoms with Gasteiger partial charge in [0.2, 0.25) is 11.8 Å². The fourth-order valence-electron chi connectivity index (χ4n) is 3.59. The molecular weight excluding hydrogens is 410 g/mol. The van der Waals surface area contributed by atoms with Gasteiger partial charge in [0.1, 0.15) is 11.5 Å². The molecule has 0 aromatic heterocycles. The van der Waals surface area contributed by atoms with Crippen LogP contribution in [-0.4, -0.2) is 44.5 Å². The van der Waals surface area contributed by atoms with Gasteiger partial charge in [-0.05, 0) is 44.0 Å². The molecule has 0 bridgehead atoms. The smallest absolute Gasteiger partial charge is 0.255 e. The molecule has 8 nitrogen and oxygen atoms in total. The Bertz CT molecular complexity index is 976. The summed E-state index contributed by atoms with van der Waals surface area (Å²) in [6, 6.07) is 12.3. The van der Waals surface area contributed by atoms with Gasteiger partial charge >= 0.3 is 0 Å². The van der Waals surface area contributed by atoms with Gasteiger partial charge in [-0.15, -0.1) is 0 Å². The molecule has 1 heterocycles. The Morgan fingerprint density at radius 3 is 2.66 bits per heavy atom. The standard InChI is InChI=1S/C24H29N3O5/c1-3-32-20-9-5-4-8-18(20)24(30)25-14-6-10-22(28)26-17-12-13-19(21(16-17)31-2)27-15-7-11-23(27)29/h4-5,8-9,12-13,16H,3,6-7,10-11,14-15H2,1-2H3,(H,25,30)(H,26,28). The molecule has 2 aromatic carbocycles. The Morgan fingerprint density at radius 1 is 1.12 bits per heavy atom. The monoisotopic (exact) mass is 439 g/mol. The molecule has 0 spiro atoms. The number of ether oxygens (including phenoxy) is 2. The quantitative estimate of drug-likeness (QED) is 0.553. The van der Waals surface area contributed by atoms with Crippen LogP contribution in [0.25, 0.3) is 0 Å². The highest BCUT2D eigenvalue weighted by Crippen LogP contribution is 2.33. The van der Waals surface area contributed by atoms with Crippen LogP contribution in [-0.2, 0) is 9.59 Å². The zero-order valence-electron chi connectivity index (χ0n) is 18.5. The van der Waals surface area contributed by atoms with Crippen molar-refractivity contribution in [2.75, 3.05) is 37.0 Å². The van der Waals surface area contributed by atoms with Crippen molar-refractivity contribution in [1.29, 1.82) is 0 Å². The van der Waals surface area contributed by atoms with Crippen LogP contribution in [0, 0.1) is 0 Å². The molecule has 2 N–H and O–H groups in total. The van der Waals surface area contributed by atoms with Gasteiger partial charge in [0.05, 0.1) is 25.0 Å². The highest BCUT2D eigenvalue weighted by molar-refractivity contribution is 5.98. The van der Waals surface area contributed by atoms with Crippen LogP contribution >= 0.6 is 0 Å². The maximum absolute atomic E-state index is 12.4. The van der Waals surface area contributed by atoms with E-state index in [0.29, 0.717) is 61.0 Å². The third-order valence-corrected chi connectivity index (χ3v) is 5.13. The summed E-state index contributed by atoms with van der Waals surface area (Å²) in [7, 11) is 1.54. The van der Waals surface area contributed by atoms with Gasteiger partial charge < -0.3 is 25.0 Å². The first-order valence-corrected chi connectivity index (χ1v) is 10.8. The number of hydrogen-bond donors (Lipinski definition) is 2. The molecule has 3 rings (SSSR count). The molecule has 2 aromatic rings. The first kappa shape index (κ1) is 23.1. The van der Waals surface area contributed by atoms with Gasteiger partial charge in [-0.3, -0.25) is 14.4 Å². The van der Waals surface area contributed by atoms with Crippen molar-refractivity contribution in [3.8, 4) is 11.5 Å². The van der Waals surface area contributed by atoms with Crippen LogP contribution in [0.3, 0.4) is 0 Å². The second kappa shape index (κ2) is 11.2. The number of anilines is 2. The van der Waals surface area contributed by atoms with Gasteiger partial charge in [0.25, 0.3) is 5.91 Å². The summed E-state index contributed by atoms with van der Waals surface area (Å²) in [6.45, 7) is 3.38. The molecule has 0 radical (unpaired) electrons. The Labute approximate surface area is 187 Å². The lowest BCUT2D eigenvalue weighted by molar-refractivity contribution is -0.117. The van der Waals surface area contributed by atoms with Crippen molar-refractivity contribution < 1.29 is 23.9 Å². The Kier molecular flexibility index (Phi) is 8.08. The molecule has 0 saturated carbocycles. The Hall–Kier alpha value is -3.55. The van der Waals surface area contributed by atoms with E-state index in [1.807, 2.05) is 13.0 Å². The molecule has 1 fully saturated rings. The highest BCUT2D eigenvalue weighted by atomic mass is 16.5. The van der Waals surface area contributed by atoms with E-state index in [9.17, 15) is 14.4 Å². The number of carbonyl (C=O) groups excluding carboxylic acids is 3. The van der Waals surface area contributed by atoms with E-state index in [1.165, 1.54) is 7.11 Å². The number of hydrogen-bond acceptors (Lipinski definition) is 5. The number of benzene rings is 2. The summed E-state index contributed by atoms with van der Waals surface area (Å²) in [4.78, 5) is 38.4. The third kappa shape index (κ3) is 5.78. The first-order chi connectivity index (χ1) is 15.5. The van der Waals surface area contributed by atoms with Gasteiger partial charge in [0.15, 0.2) is 0 Å². The predicted molar refractivity (Wildman–Crippen MR) is 122 cm³/mol. The van der Waals surface area contributed by atoms with Gasteiger partial charge in [0, 0.05) is 37.7 Å². The number of rotatable bonds is 10. The van der Waals surface area contributed by atoms with E-state index in [1.54, 1.807) is 41.3 Å². The lowest BCUT2D eigenvalue weighted by Gasteiger charge is -2.19. The Balaban J connectivity index is 1.48. The van der Waals surface area contributed by atoms with Gasteiger partial charge in [-0.2, -0.15) is 0 Å². The van der Waals surface area contributed by atoms with Crippen LogP contribution in [0.5, 0.6) is 11.5 Å².